The number of pyridine rings is 1. The monoisotopic (exact) mass is 224 g/mol. The molecular weight excluding hydrogens is 208 g/mol. The van der Waals surface area contributed by atoms with Crippen molar-refractivity contribution in [3.63, 3.8) is 0 Å². The van der Waals surface area contributed by atoms with Crippen LogP contribution in [0.2, 0.25) is 5.15 Å². The summed E-state index contributed by atoms with van der Waals surface area (Å²) in [6.45, 7) is 5.56. The first-order chi connectivity index (χ1) is 7.28. The Balaban J connectivity index is 1.89. The van der Waals surface area contributed by atoms with E-state index in [-0.39, 0.29) is 0 Å². The fourth-order valence-electron chi connectivity index (χ4n) is 1.73. The lowest BCUT2D eigenvalue weighted by Crippen LogP contribution is -2.25. The SMILES string of the molecule is CCN(Cc1ccc(Cl)nc1)CC1CC1. The van der Waals surface area contributed by atoms with Crippen LogP contribution in [0, 0.1) is 5.92 Å². The predicted molar refractivity (Wildman–Crippen MR) is 62.9 cm³/mol. The van der Waals surface area contributed by atoms with Crippen LogP contribution in [0.15, 0.2) is 18.3 Å². The summed E-state index contributed by atoms with van der Waals surface area (Å²) in [5.41, 5.74) is 1.25. The zero-order valence-electron chi connectivity index (χ0n) is 9.12. The van der Waals surface area contributed by atoms with E-state index in [1.54, 1.807) is 0 Å². The number of aromatic nitrogens is 1. The first kappa shape index (κ1) is 10.9. The molecule has 1 aromatic rings. The van der Waals surface area contributed by atoms with Crippen LogP contribution in [-0.2, 0) is 6.54 Å². The molecule has 1 aliphatic carbocycles. The highest BCUT2D eigenvalue weighted by Gasteiger charge is 2.23. The van der Waals surface area contributed by atoms with Gasteiger partial charge in [-0.1, -0.05) is 24.6 Å². The Kier molecular flexibility index (Phi) is 3.60. The highest BCUT2D eigenvalue weighted by molar-refractivity contribution is 6.29. The molecule has 0 spiro atoms. The molecule has 0 atom stereocenters. The number of halogens is 1. The summed E-state index contributed by atoms with van der Waals surface area (Å²) in [4.78, 5) is 6.57. The molecule has 0 unspecified atom stereocenters. The van der Waals surface area contributed by atoms with Crippen molar-refractivity contribution in [2.75, 3.05) is 13.1 Å². The number of rotatable bonds is 5. The minimum Gasteiger partial charge on any atom is -0.299 e. The van der Waals surface area contributed by atoms with E-state index in [0.29, 0.717) is 5.15 Å². The Morgan fingerprint density at radius 1 is 1.47 bits per heavy atom. The van der Waals surface area contributed by atoms with E-state index in [9.17, 15) is 0 Å². The minimum absolute atomic E-state index is 0.573. The fourth-order valence-corrected chi connectivity index (χ4v) is 1.84. The van der Waals surface area contributed by atoms with Gasteiger partial charge in [-0.3, -0.25) is 4.90 Å². The average molecular weight is 225 g/mol. The van der Waals surface area contributed by atoms with Crippen molar-refractivity contribution in [1.82, 2.24) is 9.88 Å². The normalized spacial score (nSPS) is 15.9. The maximum atomic E-state index is 5.75. The van der Waals surface area contributed by atoms with Crippen molar-refractivity contribution in [3.05, 3.63) is 29.0 Å². The van der Waals surface area contributed by atoms with Crippen molar-refractivity contribution < 1.29 is 0 Å². The van der Waals surface area contributed by atoms with Gasteiger partial charge in [0.05, 0.1) is 0 Å². The Labute approximate surface area is 96.3 Å². The largest absolute Gasteiger partial charge is 0.299 e. The summed E-state index contributed by atoms with van der Waals surface area (Å²) in [6.07, 6.45) is 4.70. The molecule has 0 N–H and O–H groups in total. The van der Waals surface area contributed by atoms with Crippen molar-refractivity contribution in [3.8, 4) is 0 Å². The smallest absolute Gasteiger partial charge is 0.129 e. The number of hydrogen-bond acceptors (Lipinski definition) is 2. The van der Waals surface area contributed by atoms with Crippen LogP contribution in [-0.4, -0.2) is 23.0 Å². The van der Waals surface area contributed by atoms with Crippen molar-refractivity contribution in [2.24, 2.45) is 5.92 Å². The van der Waals surface area contributed by atoms with Crippen LogP contribution in [0.25, 0.3) is 0 Å². The molecule has 1 fully saturated rings. The Morgan fingerprint density at radius 2 is 2.27 bits per heavy atom. The standard InChI is InChI=1S/C12H17ClN2/c1-2-15(8-10-3-4-10)9-11-5-6-12(13)14-7-11/h5-7,10H,2-4,8-9H2,1H3. The lowest BCUT2D eigenvalue weighted by Gasteiger charge is -2.19. The van der Waals surface area contributed by atoms with Crippen LogP contribution in [0.1, 0.15) is 25.3 Å². The van der Waals surface area contributed by atoms with Gasteiger partial charge in [0.1, 0.15) is 5.15 Å². The van der Waals surface area contributed by atoms with Gasteiger partial charge in [-0.05, 0) is 36.9 Å². The number of hydrogen-bond donors (Lipinski definition) is 0. The molecule has 0 aliphatic heterocycles. The Morgan fingerprint density at radius 3 is 2.80 bits per heavy atom. The van der Waals surface area contributed by atoms with E-state index in [4.69, 9.17) is 11.6 Å². The van der Waals surface area contributed by atoms with Gasteiger partial charge in [-0.15, -0.1) is 0 Å². The van der Waals surface area contributed by atoms with Gasteiger partial charge >= 0.3 is 0 Å². The van der Waals surface area contributed by atoms with E-state index in [1.807, 2.05) is 12.3 Å². The first-order valence-electron chi connectivity index (χ1n) is 5.60. The van der Waals surface area contributed by atoms with E-state index in [1.165, 1.54) is 24.9 Å². The molecule has 15 heavy (non-hydrogen) atoms. The third kappa shape index (κ3) is 3.47. The first-order valence-corrected chi connectivity index (χ1v) is 5.98. The molecule has 2 rings (SSSR count). The van der Waals surface area contributed by atoms with E-state index in [0.717, 1.165) is 19.0 Å². The van der Waals surface area contributed by atoms with Gasteiger partial charge < -0.3 is 0 Å². The molecule has 1 saturated carbocycles. The van der Waals surface area contributed by atoms with Crippen molar-refractivity contribution in [1.29, 1.82) is 0 Å². The van der Waals surface area contributed by atoms with Gasteiger partial charge in [0.25, 0.3) is 0 Å². The molecule has 0 radical (unpaired) electrons. The Bertz CT molecular complexity index is 306. The third-order valence-electron chi connectivity index (χ3n) is 2.86. The highest BCUT2D eigenvalue weighted by Crippen LogP contribution is 2.30. The third-order valence-corrected chi connectivity index (χ3v) is 3.08. The van der Waals surface area contributed by atoms with E-state index >= 15 is 0 Å². The molecule has 1 aliphatic rings. The van der Waals surface area contributed by atoms with Crippen LogP contribution in [0.3, 0.4) is 0 Å². The summed E-state index contributed by atoms with van der Waals surface area (Å²) < 4.78 is 0. The van der Waals surface area contributed by atoms with E-state index < -0.39 is 0 Å². The lowest BCUT2D eigenvalue weighted by molar-refractivity contribution is 0.268. The maximum absolute atomic E-state index is 5.75. The van der Waals surface area contributed by atoms with Gasteiger partial charge in [-0.25, -0.2) is 4.98 Å². The highest BCUT2D eigenvalue weighted by atomic mass is 35.5. The van der Waals surface area contributed by atoms with Gasteiger partial charge in [-0.2, -0.15) is 0 Å². The molecule has 1 aromatic heterocycles. The molecule has 0 saturated heterocycles. The fraction of sp³-hybridized carbons (Fsp3) is 0.583. The summed E-state index contributed by atoms with van der Waals surface area (Å²) in [7, 11) is 0. The summed E-state index contributed by atoms with van der Waals surface area (Å²) >= 11 is 5.75. The van der Waals surface area contributed by atoms with E-state index in [2.05, 4.69) is 22.9 Å². The van der Waals surface area contributed by atoms with Gasteiger partial charge in [0.2, 0.25) is 0 Å². The Hall–Kier alpha value is -0.600. The summed E-state index contributed by atoms with van der Waals surface area (Å²) in [5.74, 6) is 0.949. The molecule has 0 amide bonds. The summed E-state index contributed by atoms with van der Waals surface area (Å²) in [6, 6.07) is 3.92. The second kappa shape index (κ2) is 4.95. The molecule has 3 heteroatoms. The van der Waals surface area contributed by atoms with Crippen LogP contribution in [0.5, 0.6) is 0 Å². The van der Waals surface area contributed by atoms with Crippen LogP contribution < -0.4 is 0 Å². The average Bonchev–Trinajstić information content (AvgIpc) is 3.04. The second-order valence-electron chi connectivity index (χ2n) is 4.26. The molecule has 2 nitrogen and oxygen atoms in total. The molecule has 1 heterocycles. The van der Waals surface area contributed by atoms with Crippen molar-refractivity contribution in [2.45, 2.75) is 26.3 Å². The van der Waals surface area contributed by atoms with Crippen molar-refractivity contribution >= 4 is 11.6 Å². The maximum Gasteiger partial charge on any atom is 0.129 e. The quantitative estimate of drug-likeness (QED) is 0.715. The minimum atomic E-state index is 0.573. The van der Waals surface area contributed by atoms with Gasteiger partial charge in [0, 0.05) is 19.3 Å². The predicted octanol–water partition coefficient (Wildman–Crippen LogP) is 2.97. The zero-order valence-corrected chi connectivity index (χ0v) is 9.87. The van der Waals surface area contributed by atoms with Crippen LogP contribution >= 0.6 is 11.6 Å². The lowest BCUT2D eigenvalue weighted by atomic mass is 10.2. The van der Waals surface area contributed by atoms with Crippen LogP contribution in [0.4, 0.5) is 0 Å². The topological polar surface area (TPSA) is 16.1 Å². The molecule has 0 bridgehead atoms. The zero-order chi connectivity index (χ0) is 10.7. The molecule has 82 valence electrons. The molecular formula is C12H17ClN2. The summed E-state index contributed by atoms with van der Waals surface area (Å²) in [5, 5.41) is 0.573. The number of nitrogens with zero attached hydrogens (tertiary/aromatic N) is 2. The molecule has 0 aromatic carbocycles. The second-order valence-corrected chi connectivity index (χ2v) is 4.65. The van der Waals surface area contributed by atoms with Gasteiger partial charge in [0.15, 0.2) is 0 Å².